The van der Waals surface area contributed by atoms with E-state index in [2.05, 4.69) is 15.5 Å². The molecule has 1 aromatic carbocycles. The number of alkyl halides is 3. The highest BCUT2D eigenvalue weighted by Gasteiger charge is 2.51. The molecule has 3 aromatic rings. The summed E-state index contributed by atoms with van der Waals surface area (Å²) in [6.45, 7) is 1.15. The summed E-state index contributed by atoms with van der Waals surface area (Å²) in [7, 11) is 0. The minimum Gasteiger partial charge on any atom is -0.466 e. The molecule has 3 amide bonds. The van der Waals surface area contributed by atoms with Gasteiger partial charge < -0.3 is 14.3 Å². The van der Waals surface area contributed by atoms with E-state index in [1.807, 2.05) is 0 Å². The number of furan rings is 1. The van der Waals surface area contributed by atoms with Crippen molar-refractivity contribution >= 4 is 11.9 Å². The third-order valence-corrected chi connectivity index (χ3v) is 4.50. The van der Waals surface area contributed by atoms with Crippen LogP contribution in [0.15, 0.2) is 51.6 Å². The van der Waals surface area contributed by atoms with Crippen molar-refractivity contribution in [2.24, 2.45) is 0 Å². The van der Waals surface area contributed by atoms with Crippen molar-refractivity contribution in [1.29, 1.82) is 0 Å². The smallest absolute Gasteiger partial charge is 0.416 e. The first-order valence-corrected chi connectivity index (χ1v) is 8.37. The average molecular weight is 406 g/mol. The number of urea groups is 1. The monoisotopic (exact) mass is 406 g/mol. The van der Waals surface area contributed by atoms with Crippen LogP contribution in [0.5, 0.6) is 0 Å². The molecule has 1 aliphatic heterocycles. The molecule has 2 aromatic heterocycles. The van der Waals surface area contributed by atoms with E-state index in [0.717, 1.165) is 17.0 Å². The quantitative estimate of drug-likeness (QED) is 0.667. The highest BCUT2D eigenvalue weighted by atomic mass is 19.4. The van der Waals surface area contributed by atoms with Crippen molar-refractivity contribution in [3.05, 3.63) is 59.9 Å². The summed E-state index contributed by atoms with van der Waals surface area (Å²) in [6.07, 6.45) is -3.14. The largest absolute Gasteiger partial charge is 0.466 e. The molecule has 0 radical (unpaired) electrons. The van der Waals surface area contributed by atoms with E-state index in [9.17, 15) is 22.8 Å². The number of rotatable bonds is 4. The standard InChI is InChI=1S/C18H13F3N4O4/c1-17(12-6-3-7-28-12)15(26)25(16(27)23-17)9-13-22-14(24-29-13)10-4-2-5-11(8-10)18(19,20)21/h2-8H,9H2,1H3,(H,23,27). The Morgan fingerprint density at radius 2 is 2.00 bits per heavy atom. The van der Waals surface area contributed by atoms with Gasteiger partial charge in [-0.25, -0.2) is 4.79 Å². The zero-order valence-corrected chi connectivity index (χ0v) is 14.9. The topological polar surface area (TPSA) is 101 Å². The van der Waals surface area contributed by atoms with Crippen molar-refractivity contribution in [2.75, 3.05) is 0 Å². The Morgan fingerprint density at radius 3 is 2.69 bits per heavy atom. The predicted molar refractivity (Wildman–Crippen MR) is 89.9 cm³/mol. The van der Waals surface area contributed by atoms with Gasteiger partial charge in [0.1, 0.15) is 12.3 Å². The predicted octanol–water partition coefficient (Wildman–Crippen LogP) is 3.32. The normalized spacial score (nSPS) is 19.7. The molecule has 29 heavy (non-hydrogen) atoms. The van der Waals surface area contributed by atoms with Gasteiger partial charge in [0.2, 0.25) is 11.7 Å². The Balaban J connectivity index is 1.56. The molecular weight excluding hydrogens is 393 g/mol. The first kappa shape index (κ1) is 18.7. The Hall–Kier alpha value is -3.63. The van der Waals surface area contributed by atoms with Gasteiger partial charge in [-0.15, -0.1) is 0 Å². The molecular formula is C18H13F3N4O4. The van der Waals surface area contributed by atoms with Gasteiger partial charge in [-0.2, -0.15) is 18.2 Å². The number of hydrogen-bond donors (Lipinski definition) is 1. The summed E-state index contributed by atoms with van der Waals surface area (Å²) >= 11 is 0. The van der Waals surface area contributed by atoms with Gasteiger partial charge in [0.15, 0.2) is 5.54 Å². The lowest BCUT2D eigenvalue weighted by molar-refractivity contribution is -0.137. The molecule has 0 aliphatic carbocycles. The van der Waals surface area contributed by atoms with Crippen molar-refractivity contribution in [3.63, 3.8) is 0 Å². The van der Waals surface area contributed by atoms with Crippen LogP contribution in [-0.2, 0) is 23.1 Å². The minimum atomic E-state index is -4.51. The van der Waals surface area contributed by atoms with Gasteiger partial charge in [0.25, 0.3) is 5.91 Å². The number of halogens is 3. The highest BCUT2D eigenvalue weighted by Crippen LogP contribution is 2.32. The van der Waals surface area contributed by atoms with Crippen LogP contribution in [0.2, 0.25) is 0 Å². The highest BCUT2D eigenvalue weighted by molar-refractivity contribution is 6.06. The lowest BCUT2D eigenvalue weighted by Crippen LogP contribution is -2.40. The van der Waals surface area contributed by atoms with E-state index in [-0.39, 0.29) is 29.6 Å². The van der Waals surface area contributed by atoms with Crippen LogP contribution in [-0.4, -0.2) is 27.0 Å². The number of aromatic nitrogens is 2. The number of nitrogens with one attached hydrogen (secondary N) is 1. The maximum absolute atomic E-state index is 12.9. The number of hydrogen-bond acceptors (Lipinski definition) is 6. The lowest BCUT2D eigenvalue weighted by atomic mass is 9.99. The van der Waals surface area contributed by atoms with Crippen molar-refractivity contribution in [2.45, 2.75) is 25.2 Å². The molecule has 1 saturated heterocycles. The molecule has 4 rings (SSSR count). The van der Waals surface area contributed by atoms with Crippen LogP contribution in [0.1, 0.15) is 24.1 Å². The van der Waals surface area contributed by atoms with Gasteiger partial charge in [-0.05, 0) is 31.2 Å². The fourth-order valence-corrected chi connectivity index (χ4v) is 2.98. The fraction of sp³-hybridized carbons (Fsp3) is 0.222. The van der Waals surface area contributed by atoms with Gasteiger partial charge in [-0.3, -0.25) is 9.69 Å². The third kappa shape index (κ3) is 3.24. The van der Waals surface area contributed by atoms with Crippen LogP contribution in [0.4, 0.5) is 18.0 Å². The van der Waals surface area contributed by atoms with Crippen LogP contribution in [0.25, 0.3) is 11.4 Å². The van der Waals surface area contributed by atoms with E-state index in [1.54, 1.807) is 12.1 Å². The molecule has 1 aliphatic rings. The maximum atomic E-state index is 12.9. The van der Waals surface area contributed by atoms with Crippen molar-refractivity contribution < 1.29 is 31.7 Å². The fourth-order valence-electron chi connectivity index (χ4n) is 2.98. The van der Waals surface area contributed by atoms with Gasteiger partial charge >= 0.3 is 12.2 Å². The summed E-state index contributed by atoms with van der Waals surface area (Å²) in [4.78, 5) is 29.9. The first-order chi connectivity index (χ1) is 13.7. The Labute approximate surface area is 161 Å². The summed E-state index contributed by atoms with van der Waals surface area (Å²) in [5, 5.41) is 6.19. The number of imide groups is 1. The second-order valence-electron chi connectivity index (χ2n) is 6.51. The number of benzene rings is 1. The Morgan fingerprint density at radius 1 is 1.21 bits per heavy atom. The molecule has 150 valence electrons. The second-order valence-corrected chi connectivity index (χ2v) is 6.51. The zero-order chi connectivity index (χ0) is 20.8. The third-order valence-electron chi connectivity index (χ3n) is 4.50. The van der Waals surface area contributed by atoms with E-state index in [1.165, 1.54) is 25.3 Å². The maximum Gasteiger partial charge on any atom is 0.416 e. The van der Waals surface area contributed by atoms with E-state index < -0.39 is 29.2 Å². The molecule has 0 bridgehead atoms. The van der Waals surface area contributed by atoms with Gasteiger partial charge in [0, 0.05) is 5.56 Å². The first-order valence-electron chi connectivity index (χ1n) is 8.37. The summed E-state index contributed by atoms with van der Waals surface area (Å²) in [5.41, 5.74) is -2.15. The average Bonchev–Trinajstić information content (AvgIpc) is 3.40. The lowest BCUT2D eigenvalue weighted by Gasteiger charge is -2.18. The molecule has 0 spiro atoms. The second kappa shape index (κ2) is 6.47. The van der Waals surface area contributed by atoms with Crippen LogP contribution in [0.3, 0.4) is 0 Å². The summed E-state index contributed by atoms with van der Waals surface area (Å²) < 4.78 is 48.9. The molecule has 11 heteroatoms. The minimum absolute atomic E-state index is 0.0902. The summed E-state index contributed by atoms with van der Waals surface area (Å²) in [5.74, 6) is -0.527. The van der Waals surface area contributed by atoms with Crippen LogP contribution >= 0.6 is 0 Å². The van der Waals surface area contributed by atoms with Crippen molar-refractivity contribution in [3.8, 4) is 11.4 Å². The van der Waals surface area contributed by atoms with Gasteiger partial charge in [0.05, 0.1) is 11.8 Å². The zero-order valence-electron chi connectivity index (χ0n) is 14.9. The molecule has 1 N–H and O–H groups in total. The van der Waals surface area contributed by atoms with E-state index in [0.29, 0.717) is 0 Å². The SMILES string of the molecule is CC1(c2ccco2)NC(=O)N(Cc2nc(-c3cccc(C(F)(F)F)c3)no2)C1=O. The molecule has 3 heterocycles. The number of carbonyl (C=O) groups is 2. The Kier molecular flexibility index (Phi) is 4.17. The van der Waals surface area contributed by atoms with E-state index in [4.69, 9.17) is 8.94 Å². The van der Waals surface area contributed by atoms with Crippen molar-refractivity contribution in [1.82, 2.24) is 20.4 Å². The molecule has 8 nitrogen and oxygen atoms in total. The van der Waals surface area contributed by atoms with E-state index >= 15 is 0 Å². The summed E-state index contributed by atoms with van der Waals surface area (Å²) in [6, 6.07) is 6.88. The van der Waals surface area contributed by atoms with Crippen LogP contribution < -0.4 is 5.32 Å². The molecule has 1 atom stereocenters. The molecule has 1 unspecified atom stereocenters. The number of amides is 3. The molecule has 1 fully saturated rings. The molecule has 0 saturated carbocycles. The van der Waals surface area contributed by atoms with Crippen LogP contribution in [0, 0.1) is 0 Å². The Bertz CT molecular complexity index is 1080. The van der Waals surface area contributed by atoms with Gasteiger partial charge in [-0.1, -0.05) is 17.3 Å². The number of carbonyl (C=O) groups excluding carboxylic acids is 2. The number of nitrogens with zero attached hydrogens (tertiary/aromatic N) is 3.